The first kappa shape index (κ1) is 23.9. The van der Waals surface area contributed by atoms with Crippen molar-refractivity contribution in [2.45, 2.75) is 39.4 Å². The number of nitrogens with one attached hydrogen (secondary N) is 3. The van der Waals surface area contributed by atoms with Gasteiger partial charge < -0.3 is 16.0 Å². The van der Waals surface area contributed by atoms with E-state index in [1.165, 1.54) is 12.1 Å². The SMILES string of the molecule is CCC(C)NC(=O)c1cccc(CNC(=NC)NCc2cccc(F)c2)c1.I. The maximum atomic E-state index is 13.2. The van der Waals surface area contributed by atoms with Gasteiger partial charge in [-0.1, -0.05) is 31.2 Å². The third kappa shape index (κ3) is 7.84. The third-order valence-corrected chi connectivity index (χ3v) is 4.21. The number of benzene rings is 2. The maximum absolute atomic E-state index is 13.2. The van der Waals surface area contributed by atoms with Crippen LogP contribution >= 0.6 is 24.0 Å². The van der Waals surface area contributed by atoms with E-state index in [1.54, 1.807) is 19.2 Å². The predicted molar refractivity (Wildman–Crippen MR) is 123 cm³/mol. The molecule has 28 heavy (non-hydrogen) atoms. The number of carbonyl (C=O) groups is 1. The molecule has 0 spiro atoms. The van der Waals surface area contributed by atoms with Crippen LogP contribution in [-0.4, -0.2) is 25.0 Å². The summed E-state index contributed by atoms with van der Waals surface area (Å²) < 4.78 is 13.2. The highest BCUT2D eigenvalue weighted by molar-refractivity contribution is 14.0. The van der Waals surface area contributed by atoms with Crippen LogP contribution in [0.1, 0.15) is 41.8 Å². The zero-order valence-corrected chi connectivity index (χ0v) is 18.8. The number of carbonyl (C=O) groups excluding carboxylic acids is 1. The fourth-order valence-electron chi connectivity index (χ4n) is 2.47. The van der Waals surface area contributed by atoms with Gasteiger partial charge in [0.15, 0.2) is 5.96 Å². The lowest BCUT2D eigenvalue weighted by molar-refractivity contribution is 0.0939. The van der Waals surface area contributed by atoms with Crippen molar-refractivity contribution < 1.29 is 9.18 Å². The van der Waals surface area contributed by atoms with E-state index >= 15 is 0 Å². The van der Waals surface area contributed by atoms with E-state index in [0.717, 1.165) is 17.5 Å². The van der Waals surface area contributed by atoms with Gasteiger partial charge in [-0.3, -0.25) is 9.79 Å². The second-order valence-electron chi connectivity index (χ2n) is 6.39. The second kappa shape index (κ2) is 12.3. The molecule has 7 heteroatoms. The molecule has 152 valence electrons. The van der Waals surface area contributed by atoms with Gasteiger partial charge in [-0.25, -0.2) is 4.39 Å². The molecule has 1 unspecified atom stereocenters. The maximum Gasteiger partial charge on any atom is 0.251 e. The molecule has 2 aromatic carbocycles. The zero-order valence-electron chi connectivity index (χ0n) is 16.5. The van der Waals surface area contributed by atoms with Crippen LogP contribution in [0.15, 0.2) is 53.5 Å². The number of aliphatic imine (C=N–C) groups is 1. The molecule has 5 nitrogen and oxygen atoms in total. The summed E-state index contributed by atoms with van der Waals surface area (Å²) in [6.07, 6.45) is 0.889. The molecule has 0 aromatic heterocycles. The summed E-state index contributed by atoms with van der Waals surface area (Å²) in [7, 11) is 1.68. The highest BCUT2D eigenvalue weighted by Crippen LogP contribution is 2.06. The minimum Gasteiger partial charge on any atom is -0.352 e. The molecule has 2 aromatic rings. The van der Waals surface area contributed by atoms with Gasteiger partial charge in [0, 0.05) is 31.7 Å². The van der Waals surface area contributed by atoms with Crippen LogP contribution in [0.4, 0.5) is 4.39 Å². The van der Waals surface area contributed by atoms with Crippen LogP contribution in [-0.2, 0) is 13.1 Å². The Hall–Kier alpha value is -2.16. The molecule has 0 bridgehead atoms. The van der Waals surface area contributed by atoms with Gasteiger partial charge in [-0.15, -0.1) is 24.0 Å². The first-order chi connectivity index (χ1) is 13.0. The van der Waals surface area contributed by atoms with E-state index in [4.69, 9.17) is 0 Å². The van der Waals surface area contributed by atoms with Crippen molar-refractivity contribution >= 4 is 35.8 Å². The van der Waals surface area contributed by atoms with E-state index in [9.17, 15) is 9.18 Å². The van der Waals surface area contributed by atoms with Gasteiger partial charge >= 0.3 is 0 Å². The van der Waals surface area contributed by atoms with Crippen molar-refractivity contribution in [1.29, 1.82) is 0 Å². The van der Waals surface area contributed by atoms with Gasteiger partial charge in [-0.2, -0.15) is 0 Å². The van der Waals surface area contributed by atoms with E-state index < -0.39 is 0 Å². The molecule has 0 aliphatic carbocycles. The molecular formula is C21H28FIN4O. The van der Waals surface area contributed by atoms with Crippen molar-refractivity contribution in [3.8, 4) is 0 Å². The molecule has 0 fully saturated rings. The van der Waals surface area contributed by atoms with Gasteiger partial charge in [0.1, 0.15) is 5.82 Å². The van der Waals surface area contributed by atoms with Crippen LogP contribution in [0.3, 0.4) is 0 Å². The number of nitrogens with zero attached hydrogens (tertiary/aromatic N) is 1. The Morgan fingerprint density at radius 1 is 1.07 bits per heavy atom. The zero-order chi connectivity index (χ0) is 19.6. The Bertz CT molecular complexity index is 797. The Labute approximate surface area is 183 Å². The third-order valence-electron chi connectivity index (χ3n) is 4.21. The number of amides is 1. The molecule has 0 aliphatic heterocycles. The number of hydrogen-bond acceptors (Lipinski definition) is 2. The molecule has 0 aliphatic rings. The summed E-state index contributed by atoms with van der Waals surface area (Å²) >= 11 is 0. The largest absolute Gasteiger partial charge is 0.352 e. The van der Waals surface area contributed by atoms with Gasteiger partial charge in [0.25, 0.3) is 5.91 Å². The summed E-state index contributed by atoms with van der Waals surface area (Å²) in [4.78, 5) is 16.4. The lowest BCUT2D eigenvalue weighted by Crippen LogP contribution is -2.36. The molecular weight excluding hydrogens is 470 g/mol. The summed E-state index contributed by atoms with van der Waals surface area (Å²) in [6.45, 7) is 5.01. The Morgan fingerprint density at radius 2 is 1.68 bits per heavy atom. The van der Waals surface area contributed by atoms with Gasteiger partial charge in [-0.05, 0) is 48.7 Å². The molecule has 3 N–H and O–H groups in total. The van der Waals surface area contributed by atoms with Crippen LogP contribution in [0.5, 0.6) is 0 Å². The first-order valence-electron chi connectivity index (χ1n) is 9.10. The molecule has 0 saturated carbocycles. The lowest BCUT2D eigenvalue weighted by Gasteiger charge is -2.14. The smallest absolute Gasteiger partial charge is 0.251 e. The monoisotopic (exact) mass is 498 g/mol. The van der Waals surface area contributed by atoms with Crippen molar-refractivity contribution in [3.63, 3.8) is 0 Å². The molecule has 1 atom stereocenters. The lowest BCUT2D eigenvalue weighted by atomic mass is 10.1. The summed E-state index contributed by atoms with van der Waals surface area (Å²) in [6, 6.07) is 14.1. The standard InChI is InChI=1S/C21H27FN4O.HI/c1-4-15(2)26-20(27)18-9-5-7-16(11-18)13-24-21(23-3)25-14-17-8-6-10-19(22)12-17;/h5-12,15H,4,13-14H2,1-3H3,(H,26,27)(H2,23,24,25);1H. The summed E-state index contributed by atoms with van der Waals surface area (Å²) in [5.74, 6) is 0.276. The molecule has 1 amide bonds. The minimum absolute atomic E-state index is 0. The highest BCUT2D eigenvalue weighted by atomic mass is 127. The Morgan fingerprint density at radius 3 is 2.25 bits per heavy atom. The Balaban J connectivity index is 0.00000392. The second-order valence-corrected chi connectivity index (χ2v) is 6.39. The van der Waals surface area contributed by atoms with E-state index in [1.807, 2.05) is 38.1 Å². The number of halogens is 2. The number of hydrogen-bond donors (Lipinski definition) is 3. The van der Waals surface area contributed by atoms with Crippen LogP contribution in [0.25, 0.3) is 0 Å². The topological polar surface area (TPSA) is 65.5 Å². The normalized spacial score (nSPS) is 11.9. The van der Waals surface area contributed by atoms with Crippen LogP contribution in [0, 0.1) is 5.82 Å². The van der Waals surface area contributed by atoms with Crippen molar-refractivity contribution in [1.82, 2.24) is 16.0 Å². The highest BCUT2D eigenvalue weighted by Gasteiger charge is 2.09. The van der Waals surface area contributed by atoms with Gasteiger partial charge in [0.2, 0.25) is 0 Å². The number of rotatable bonds is 7. The Kier molecular flexibility index (Phi) is 10.5. The van der Waals surface area contributed by atoms with Crippen LogP contribution < -0.4 is 16.0 Å². The average Bonchev–Trinajstić information content (AvgIpc) is 2.68. The molecule has 0 heterocycles. The molecule has 0 radical (unpaired) electrons. The fourth-order valence-corrected chi connectivity index (χ4v) is 2.47. The summed E-state index contributed by atoms with van der Waals surface area (Å²) in [5.41, 5.74) is 2.44. The van der Waals surface area contributed by atoms with Gasteiger partial charge in [0.05, 0.1) is 0 Å². The number of guanidine groups is 1. The van der Waals surface area contributed by atoms with E-state index in [0.29, 0.717) is 24.6 Å². The van der Waals surface area contributed by atoms with E-state index in [-0.39, 0.29) is 41.7 Å². The minimum atomic E-state index is -0.260. The molecule has 2 rings (SSSR count). The first-order valence-corrected chi connectivity index (χ1v) is 9.10. The average molecular weight is 498 g/mol. The van der Waals surface area contributed by atoms with Crippen molar-refractivity contribution in [3.05, 3.63) is 71.0 Å². The molecule has 0 saturated heterocycles. The van der Waals surface area contributed by atoms with E-state index in [2.05, 4.69) is 20.9 Å². The van der Waals surface area contributed by atoms with Crippen LogP contribution in [0.2, 0.25) is 0 Å². The quantitative estimate of drug-likeness (QED) is 0.309. The fraction of sp³-hybridized carbons (Fsp3) is 0.333. The summed E-state index contributed by atoms with van der Waals surface area (Å²) in [5, 5.41) is 9.32. The van der Waals surface area contributed by atoms with Crippen molar-refractivity contribution in [2.75, 3.05) is 7.05 Å². The predicted octanol–water partition coefficient (Wildman–Crippen LogP) is 3.84. The van der Waals surface area contributed by atoms with Crippen molar-refractivity contribution in [2.24, 2.45) is 4.99 Å².